The molecule has 2 N–H and O–H groups in total. The summed E-state index contributed by atoms with van der Waals surface area (Å²) in [7, 11) is 2.30. The number of nitrogens with zero attached hydrogens (tertiary/aromatic N) is 1. The van der Waals surface area contributed by atoms with Crippen molar-refractivity contribution in [2.45, 2.75) is 58.5 Å². The third kappa shape index (κ3) is 2.94. The zero-order chi connectivity index (χ0) is 11.4. The minimum Gasteiger partial charge on any atom is -0.330 e. The van der Waals surface area contributed by atoms with Crippen molar-refractivity contribution < 1.29 is 0 Å². The van der Waals surface area contributed by atoms with Crippen molar-refractivity contribution in [2.75, 3.05) is 13.6 Å². The SMILES string of the molecule is CCC(C(C)C)N(C)C1CCCC1CN. The molecule has 0 bridgehead atoms. The van der Waals surface area contributed by atoms with Gasteiger partial charge in [0, 0.05) is 12.1 Å². The molecule has 0 aromatic heterocycles. The zero-order valence-electron chi connectivity index (χ0n) is 10.9. The van der Waals surface area contributed by atoms with Crippen LogP contribution >= 0.6 is 0 Å². The van der Waals surface area contributed by atoms with Crippen LogP contribution in [-0.4, -0.2) is 30.6 Å². The molecule has 0 spiro atoms. The predicted molar refractivity (Wildman–Crippen MR) is 66.9 cm³/mol. The second-order valence-electron chi connectivity index (χ2n) is 5.38. The molecule has 0 heterocycles. The van der Waals surface area contributed by atoms with Crippen LogP contribution in [0.15, 0.2) is 0 Å². The maximum atomic E-state index is 5.85. The highest BCUT2D eigenvalue weighted by Gasteiger charge is 2.32. The van der Waals surface area contributed by atoms with Crippen molar-refractivity contribution in [2.24, 2.45) is 17.6 Å². The molecular formula is C13H28N2. The molecule has 3 unspecified atom stereocenters. The summed E-state index contributed by atoms with van der Waals surface area (Å²) in [5.74, 6) is 1.49. The maximum absolute atomic E-state index is 5.85. The first kappa shape index (κ1) is 13.0. The highest BCUT2D eigenvalue weighted by Crippen LogP contribution is 2.31. The second kappa shape index (κ2) is 5.86. The van der Waals surface area contributed by atoms with E-state index in [-0.39, 0.29) is 0 Å². The average Bonchev–Trinajstić information content (AvgIpc) is 2.65. The summed E-state index contributed by atoms with van der Waals surface area (Å²) in [6.07, 6.45) is 5.30. The number of hydrogen-bond acceptors (Lipinski definition) is 2. The first-order valence-electron chi connectivity index (χ1n) is 6.53. The lowest BCUT2D eigenvalue weighted by Gasteiger charge is -2.37. The molecule has 90 valence electrons. The van der Waals surface area contributed by atoms with Gasteiger partial charge in [-0.1, -0.05) is 27.2 Å². The molecule has 0 aromatic carbocycles. The van der Waals surface area contributed by atoms with E-state index in [1.54, 1.807) is 0 Å². The molecule has 0 aromatic rings. The highest BCUT2D eigenvalue weighted by atomic mass is 15.2. The largest absolute Gasteiger partial charge is 0.330 e. The van der Waals surface area contributed by atoms with Crippen molar-refractivity contribution in [1.29, 1.82) is 0 Å². The molecule has 1 aliphatic carbocycles. The third-order valence-electron chi connectivity index (χ3n) is 4.16. The van der Waals surface area contributed by atoms with E-state index in [2.05, 4.69) is 32.7 Å². The number of nitrogens with two attached hydrogens (primary N) is 1. The Morgan fingerprint density at radius 1 is 1.33 bits per heavy atom. The second-order valence-corrected chi connectivity index (χ2v) is 5.38. The van der Waals surface area contributed by atoms with Gasteiger partial charge in [0.25, 0.3) is 0 Å². The van der Waals surface area contributed by atoms with E-state index in [0.29, 0.717) is 0 Å². The van der Waals surface area contributed by atoms with Crippen LogP contribution in [0.1, 0.15) is 46.5 Å². The summed E-state index contributed by atoms with van der Waals surface area (Å²) in [5, 5.41) is 0. The zero-order valence-corrected chi connectivity index (χ0v) is 10.9. The lowest BCUT2D eigenvalue weighted by atomic mass is 9.95. The van der Waals surface area contributed by atoms with Gasteiger partial charge in [-0.3, -0.25) is 4.90 Å². The Balaban J connectivity index is 2.60. The van der Waals surface area contributed by atoms with Crippen LogP contribution in [0.5, 0.6) is 0 Å². The Labute approximate surface area is 95.2 Å². The van der Waals surface area contributed by atoms with Crippen molar-refractivity contribution in [3.05, 3.63) is 0 Å². The molecule has 3 atom stereocenters. The molecule has 1 saturated carbocycles. The van der Waals surface area contributed by atoms with Crippen molar-refractivity contribution in [3.63, 3.8) is 0 Å². The predicted octanol–water partition coefficient (Wildman–Crippen LogP) is 2.48. The van der Waals surface area contributed by atoms with E-state index in [4.69, 9.17) is 5.73 Å². The van der Waals surface area contributed by atoms with E-state index in [0.717, 1.165) is 30.5 Å². The molecule has 1 rings (SSSR count). The fraction of sp³-hybridized carbons (Fsp3) is 1.00. The molecule has 1 fully saturated rings. The van der Waals surface area contributed by atoms with Crippen LogP contribution < -0.4 is 5.73 Å². The summed E-state index contributed by atoms with van der Waals surface area (Å²) < 4.78 is 0. The van der Waals surface area contributed by atoms with Gasteiger partial charge in [-0.15, -0.1) is 0 Å². The minimum atomic E-state index is 0.724. The van der Waals surface area contributed by atoms with E-state index in [1.807, 2.05) is 0 Å². The van der Waals surface area contributed by atoms with Gasteiger partial charge >= 0.3 is 0 Å². The molecule has 0 radical (unpaired) electrons. The van der Waals surface area contributed by atoms with Gasteiger partial charge < -0.3 is 5.73 Å². The van der Waals surface area contributed by atoms with Crippen molar-refractivity contribution >= 4 is 0 Å². The van der Waals surface area contributed by atoms with Gasteiger partial charge in [-0.25, -0.2) is 0 Å². The molecule has 1 aliphatic rings. The fourth-order valence-corrected chi connectivity index (χ4v) is 3.30. The summed E-state index contributed by atoms with van der Waals surface area (Å²) >= 11 is 0. The van der Waals surface area contributed by atoms with Gasteiger partial charge in [-0.2, -0.15) is 0 Å². The Morgan fingerprint density at radius 3 is 2.47 bits per heavy atom. The number of hydrogen-bond donors (Lipinski definition) is 1. The lowest BCUT2D eigenvalue weighted by Crippen LogP contribution is -2.45. The Kier molecular flexibility index (Phi) is 5.07. The minimum absolute atomic E-state index is 0.724. The van der Waals surface area contributed by atoms with Crippen LogP contribution in [0.4, 0.5) is 0 Å². The molecule has 2 heteroatoms. The van der Waals surface area contributed by atoms with Crippen LogP contribution in [0, 0.1) is 11.8 Å². The quantitative estimate of drug-likeness (QED) is 0.758. The topological polar surface area (TPSA) is 29.3 Å². The number of rotatable bonds is 5. The molecular weight excluding hydrogens is 184 g/mol. The van der Waals surface area contributed by atoms with Crippen LogP contribution in [0.3, 0.4) is 0 Å². The van der Waals surface area contributed by atoms with E-state index < -0.39 is 0 Å². The summed E-state index contributed by atoms with van der Waals surface area (Å²) in [6.45, 7) is 7.82. The summed E-state index contributed by atoms with van der Waals surface area (Å²) in [4.78, 5) is 2.61. The monoisotopic (exact) mass is 212 g/mol. The van der Waals surface area contributed by atoms with Gasteiger partial charge in [-0.05, 0) is 44.7 Å². The third-order valence-corrected chi connectivity index (χ3v) is 4.16. The van der Waals surface area contributed by atoms with E-state index >= 15 is 0 Å². The van der Waals surface area contributed by atoms with Crippen molar-refractivity contribution in [1.82, 2.24) is 4.90 Å². The summed E-state index contributed by atoms with van der Waals surface area (Å²) in [6, 6.07) is 1.46. The fourth-order valence-electron chi connectivity index (χ4n) is 3.30. The summed E-state index contributed by atoms with van der Waals surface area (Å²) in [5.41, 5.74) is 5.85. The average molecular weight is 212 g/mol. The van der Waals surface area contributed by atoms with Gasteiger partial charge in [0.15, 0.2) is 0 Å². The highest BCUT2D eigenvalue weighted by molar-refractivity contribution is 4.88. The van der Waals surface area contributed by atoms with Crippen molar-refractivity contribution in [3.8, 4) is 0 Å². The van der Waals surface area contributed by atoms with Crippen LogP contribution in [-0.2, 0) is 0 Å². The standard InChI is InChI=1S/C13H28N2/c1-5-12(10(2)3)15(4)13-8-6-7-11(13)9-14/h10-13H,5-9,14H2,1-4H3. The molecule has 0 aliphatic heterocycles. The first-order chi connectivity index (χ1) is 7.11. The van der Waals surface area contributed by atoms with Gasteiger partial charge in [0.05, 0.1) is 0 Å². The van der Waals surface area contributed by atoms with E-state index in [9.17, 15) is 0 Å². The Hall–Kier alpha value is -0.0800. The van der Waals surface area contributed by atoms with E-state index in [1.165, 1.54) is 25.7 Å². The molecule has 15 heavy (non-hydrogen) atoms. The first-order valence-corrected chi connectivity index (χ1v) is 6.53. The van der Waals surface area contributed by atoms with Crippen LogP contribution in [0.2, 0.25) is 0 Å². The molecule has 0 saturated heterocycles. The normalized spacial score (nSPS) is 29.0. The Bertz CT molecular complexity index is 179. The Morgan fingerprint density at radius 2 is 2.00 bits per heavy atom. The van der Waals surface area contributed by atoms with Gasteiger partial charge in [0.1, 0.15) is 0 Å². The maximum Gasteiger partial charge on any atom is 0.0135 e. The lowest BCUT2D eigenvalue weighted by molar-refractivity contribution is 0.108. The smallest absolute Gasteiger partial charge is 0.0135 e. The van der Waals surface area contributed by atoms with Gasteiger partial charge in [0.2, 0.25) is 0 Å². The molecule has 2 nitrogen and oxygen atoms in total. The van der Waals surface area contributed by atoms with Crippen LogP contribution in [0.25, 0.3) is 0 Å². The molecule has 0 amide bonds.